The summed E-state index contributed by atoms with van der Waals surface area (Å²) >= 11 is 0. The lowest BCUT2D eigenvalue weighted by Gasteiger charge is -2.19. The lowest BCUT2D eigenvalue weighted by Crippen LogP contribution is -2.32. The van der Waals surface area contributed by atoms with Crippen LogP contribution in [0.25, 0.3) is 0 Å². The summed E-state index contributed by atoms with van der Waals surface area (Å²) in [6.45, 7) is 6.65. The highest BCUT2D eigenvalue weighted by atomic mass is 14.9. The van der Waals surface area contributed by atoms with Crippen LogP contribution < -0.4 is 11.1 Å². The summed E-state index contributed by atoms with van der Waals surface area (Å²) in [5.41, 5.74) is 5.55. The first kappa shape index (κ1) is 13.0. The van der Waals surface area contributed by atoms with Gasteiger partial charge in [-0.05, 0) is 50.6 Å². The van der Waals surface area contributed by atoms with Crippen molar-refractivity contribution in [1.29, 1.82) is 0 Å². The SMILES string of the molecule is CC1CCCC(NCC(C)CCN)CC1. The second kappa shape index (κ2) is 7.24. The Balaban J connectivity index is 2.14. The lowest BCUT2D eigenvalue weighted by molar-refractivity contribution is 0.399. The molecule has 15 heavy (non-hydrogen) atoms. The van der Waals surface area contributed by atoms with Crippen LogP contribution in [0.3, 0.4) is 0 Å². The number of rotatable bonds is 5. The molecule has 0 aliphatic heterocycles. The van der Waals surface area contributed by atoms with Crippen molar-refractivity contribution in [2.75, 3.05) is 13.1 Å². The van der Waals surface area contributed by atoms with E-state index < -0.39 is 0 Å². The topological polar surface area (TPSA) is 38.0 Å². The fourth-order valence-electron chi connectivity index (χ4n) is 2.45. The zero-order valence-electron chi connectivity index (χ0n) is 10.5. The molecule has 0 radical (unpaired) electrons. The third kappa shape index (κ3) is 5.53. The molecule has 3 N–H and O–H groups in total. The van der Waals surface area contributed by atoms with E-state index in [1.165, 1.54) is 32.1 Å². The maximum Gasteiger partial charge on any atom is 0.00672 e. The molecule has 1 fully saturated rings. The van der Waals surface area contributed by atoms with Gasteiger partial charge in [-0.3, -0.25) is 0 Å². The van der Waals surface area contributed by atoms with Crippen LogP contribution in [0.2, 0.25) is 0 Å². The molecule has 0 saturated heterocycles. The van der Waals surface area contributed by atoms with E-state index in [4.69, 9.17) is 5.73 Å². The van der Waals surface area contributed by atoms with Gasteiger partial charge in [0.2, 0.25) is 0 Å². The summed E-state index contributed by atoms with van der Waals surface area (Å²) in [5.74, 6) is 1.67. The molecule has 1 saturated carbocycles. The van der Waals surface area contributed by atoms with Gasteiger partial charge in [-0.1, -0.05) is 26.7 Å². The molecular formula is C13H28N2. The van der Waals surface area contributed by atoms with Crippen LogP contribution in [-0.4, -0.2) is 19.1 Å². The van der Waals surface area contributed by atoms with Crippen molar-refractivity contribution in [2.24, 2.45) is 17.6 Å². The quantitative estimate of drug-likeness (QED) is 0.687. The summed E-state index contributed by atoms with van der Waals surface area (Å²) in [6, 6.07) is 0.773. The first-order chi connectivity index (χ1) is 7.22. The van der Waals surface area contributed by atoms with Crippen molar-refractivity contribution in [3.8, 4) is 0 Å². The van der Waals surface area contributed by atoms with Crippen LogP contribution in [-0.2, 0) is 0 Å². The fourth-order valence-corrected chi connectivity index (χ4v) is 2.45. The minimum absolute atomic E-state index is 0.732. The standard InChI is InChI=1S/C13H28N2/c1-11-4-3-5-13(7-6-11)15-10-12(2)8-9-14/h11-13,15H,3-10,14H2,1-2H3. The van der Waals surface area contributed by atoms with E-state index in [-0.39, 0.29) is 0 Å². The largest absolute Gasteiger partial charge is 0.330 e. The zero-order chi connectivity index (χ0) is 11.1. The molecule has 0 amide bonds. The van der Waals surface area contributed by atoms with Crippen LogP contribution in [0.1, 0.15) is 52.4 Å². The van der Waals surface area contributed by atoms with Gasteiger partial charge in [0.15, 0.2) is 0 Å². The van der Waals surface area contributed by atoms with Gasteiger partial charge in [0.25, 0.3) is 0 Å². The molecule has 3 atom stereocenters. The van der Waals surface area contributed by atoms with Crippen molar-refractivity contribution in [1.82, 2.24) is 5.32 Å². The molecule has 0 heterocycles. The zero-order valence-corrected chi connectivity index (χ0v) is 10.5. The van der Waals surface area contributed by atoms with Crippen LogP contribution in [0, 0.1) is 11.8 Å². The van der Waals surface area contributed by atoms with Crippen LogP contribution in [0.4, 0.5) is 0 Å². The van der Waals surface area contributed by atoms with Gasteiger partial charge in [0.05, 0.1) is 0 Å². The molecule has 1 rings (SSSR count). The van der Waals surface area contributed by atoms with Gasteiger partial charge in [-0.2, -0.15) is 0 Å². The van der Waals surface area contributed by atoms with Crippen molar-refractivity contribution < 1.29 is 0 Å². The highest BCUT2D eigenvalue weighted by Gasteiger charge is 2.15. The normalized spacial score (nSPS) is 29.8. The third-order valence-corrected chi connectivity index (χ3v) is 3.67. The smallest absolute Gasteiger partial charge is 0.00672 e. The summed E-state index contributed by atoms with van der Waals surface area (Å²) in [6.07, 6.45) is 8.13. The van der Waals surface area contributed by atoms with Gasteiger partial charge in [0.1, 0.15) is 0 Å². The summed E-state index contributed by atoms with van der Waals surface area (Å²) < 4.78 is 0. The number of nitrogens with one attached hydrogen (secondary N) is 1. The highest BCUT2D eigenvalue weighted by molar-refractivity contribution is 4.74. The molecule has 1 aliphatic rings. The molecule has 3 unspecified atom stereocenters. The Morgan fingerprint density at radius 1 is 1.27 bits per heavy atom. The maximum atomic E-state index is 5.55. The lowest BCUT2D eigenvalue weighted by atomic mass is 10.0. The molecule has 0 bridgehead atoms. The Hall–Kier alpha value is -0.0800. The number of nitrogens with two attached hydrogens (primary N) is 1. The van der Waals surface area contributed by atoms with Crippen molar-refractivity contribution in [3.05, 3.63) is 0 Å². The highest BCUT2D eigenvalue weighted by Crippen LogP contribution is 2.22. The molecule has 2 heteroatoms. The summed E-state index contributed by atoms with van der Waals surface area (Å²) in [5, 5.41) is 3.71. The molecule has 0 spiro atoms. The summed E-state index contributed by atoms with van der Waals surface area (Å²) in [7, 11) is 0. The molecule has 2 nitrogen and oxygen atoms in total. The average Bonchev–Trinajstić information content (AvgIpc) is 2.41. The first-order valence-electron chi connectivity index (χ1n) is 6.65. The fraction of sp³-hybridized carbons (Fsp3) is 1.00. The molecular weight excluding hydrogens is 184 g/mol. The molecule has 90 valence electrons. The van der Waals surface area contributed by atoms with Crippen molar-refractivity contribution in [2.45, 2.75) is 58.4 Å². The second-order valence-corrected chi connectivity index (χ2v) is 5.40. The van der Waals surface area contributed by atoms with Gasteiger partial charge in [0, 0.05) is 6.04 Å². The van der Waals surface area contributed by atoms with Crippen LogP contribution >= 0.6 is 0 Å². The van der Waals surface area contributed by atoms with Crippen molar-refractivity contribution >= 4 is 0 Å². The maximum absolute atomic E-state index is 5.55. The summed E-state index contributed by atoms with van der Waals surface area (Å²) in [4.78, 5) is 0. The van der Waals surface area contributed by atoms with Gasteiger partial charge in [-0.15, -0.1) is 0 Å². The van der Waals surface area contributed by atoms with E-state index in [9.17, 15) is 0 Å². The third-order valence-electron chi connectivity index (χ3n) is 3.67. The average molecular weight is 212 g/mol. The Kier molecular flexibility index (Phi) is 6.26. The Bertz CT molecular complexity index is 159. The van der Waals surface area contributed by atoms with Gasteiger partial charge >= 0.3 is 0 Å². The predicted molar refractivity (Wildman–Crippen MR) is 66.9 cm³/mol. The van der Waals surface area contributed by atoms with E-state index in [0.717, 1.165) is 37.4 Å². The van der Waals surface area contributed by atoms with E-state index >= 15 is 0 Å². The molecule has 0 aromatic rings. The number of hydrogen-bond donors (Lipinski definition) is 2. The number of hydrogen-bond acceptors (Lipinski definition) is 2. The Labute approximate surface area is 95.0 Å². The Morgan fingerprint density at radius 2 is 2.07 bits per heavy atom. The Morgan fingerprint density at radius 3 is 2.80 bits per heavy atom. The second-order valence-electron chi connectivity index (χ2n) is 5.40. The minimum atomic E-state index is 0.732. The van der Waals surface area contributed by atoms with Crippen LogP contribution in [0.15, 0.2) is 0 Å². The van der Waals surface area contributed by atoms with Crippen molar-refractivity contribution in [3.63, 3.8) is 0 Å². The van der Waals surface area contributed by atoms with Gasteiger partial charge < -0.3 is 11.1 Å². The monoisotopic (exact) mass is 212 g/mol. The predicted octanol–water partition coefficient (Wildman–Crippen LogP) is 2.53. The van der Waals surface area contributed by atoms with E-state index in [1.54, 1.807) is 0 Å². The van der Waals surface area contributed by atoms with E-state index in [1.807, 2.05) is 0 Å². The minimum Gasteiger partial charge on any atom is -0.330 e. The van der Waals surface area contributed by atoms with Crippen LogP contribution in [0.5, 0.6) is 0 Å². The first-order valence-corrected chi connectivity index (χ1v) is 6.65. The van der Waals surface area contributed by atoms with E-state index in [0.29, 0.717) is 0 Å². The molecule has 1 aliphatic carbocycles. The molecule has 0 aromatic carbocycles. The van der Waals surface area contributed by atoms with Gasteiger partial charge in [-0.25, -0.2) is 0 Å². The molecule has 0 aromatic heterocycles. The van der Waals surface area contributed by atoms with E-state index in [2.05, 4.69) is 19.2 Å².